The summed E-state index contributed by atoms with van der Waals surface area (Å²) in [6.45, 7) is 4.16. The van der Waals surface area contributed by atoms with Gasteiger partial charge in [-0.3, -0.25) is 0 Å². The van der Waals surface area contributed by atoms with E-state index in [0.29, 0.717) is 6.10 Å². The van der Waals surface area contributed by atoms with Gasteiger partial charge < -0.3 is 14.6 Å². The van der Waals surface area contributed by atoms with E-state index in [9.17, 15) is 5.11 Å². The second-order valence-corrected chi connectivity index (χ2v) is 5.93. The summed E-state index contributed by atoms with van der Waals surface area (Å²) < 4.78 is 11.4. The van der Waals surface area contributed by atoms with E-state index in [1.807, 2.05) is 32.0 Å². The van der Waals surface area contributed by atoms with Crippen molar-refractivity contribution >= 4 is 0 Å². The molecule has 0 radical (unpaired) electrons. The fourth-order valence-corrected chi connectivity index (χ4v) is 2.47. The predicted molar refractivity (Wildman–Crippen MR) is 76.0 cm³/mol. The van der Waals surface area contributed by atoms with Gasteiger partial charge in [0.1, 0.15) is 0 Å². The van der Waals surface area contributed by atoms with Crippen LogP contribution in [0, 0.1) is 0 Å². The maximum absolute atomic E-state index is 9.48. The maximum Gasteiger partial charge on any atom is 0.161 e. The SMILES string of the molecule is COc1ccc(C(C)(C)CO)cc1OC1CCCC1. The highest BCUT2D eigenvalue weighted by Gasteiger charge is 2.23. The van der Waals surface area contributed by atoms with Crippen LogP contribution in [-0.2, 0) is 5.41 Å². The Bertz CT molecular complexity index is 420. The molecule has 0 atom stereocenters. The number of hydrogen-bond donors (Lipinski definition) is 1. The maximum atomic E-state index is 9.48. The monoisotopic (exact) mass is 264 g/mol. The lowest BCUT2D eigenvalue weighted by Crippen LogP contribution is -2.22. The van der Waals surface area contributed by atoms with Gasteiger partial charge in [0.25, 0.3) is 0 Å². The molecular formula is C16H24O3. The Kier molecular flexibility index (Phi) is 4.35. The smallest absolute Gasteiger partial charge is 0.161 e. The number of aliphatic hydroxyl groups is 1. The largest absolute Gasteiger partial charge is 0.493 e. The van der Waals surface area contributed by atoms with Gasteiger partial charge >= 0.3 is 0 Å². The van der Waals surface area contributed by atoms with Crippen LogP contribution in [0.25, 0.3) is 0 Å². The van der Waals surface area contributed by atoms with Crippen LogP contribution in [0.4, 0.5) is 0 Å². The van der Waals surface area contributed by atoms with Gasteiger partial charge in [-0.25, -0.2) is 0 Å². The van der Waals surface area contributed by atoms with Crippen molar-refractivity contribution in [1.29, 1.82) is 0 Å². The number of benzene rings is 1. The van der Waals surface area contributed by atoms with E-state index >= 15 is 0 Å². The predicted octanol–water partition coefficient (Wildman–Crippen LogP) is 3.29. The quantitative estimate of drug-likeness (QED) is 0.887. The topological polar surface area (TPSA) is 38.7 Å². The Morgan fingerprint density at radius 1 is 1.21 bits per heavy atom. The zero-order valence-corrected chi connectivity index (χ0v) is 12.1. The number of methoxy groups -OCH3 is 1. The number of aliphatic hydroxyl groups excluding tert-OH is 1. The lowest BCUT2D eigenvalue weighted by atomic mass is 9.85. The summed E-state index contributed by atoms with van der Waals surface area (Å²) in [7, 11) is 1.66. The van der Waals surface area contributed by atoms with Gasteiger partial charge in [-0.05, 0) is 43.4 Å². The summed E-state index contributed by atoms with van der Waals surface area (Å²) in [5, 5.41) is 9.48. The molecule has 1 aliphatic carbocycles. The lowest BCUT2D eigenvalue weighted by Gasteiger charge is -2.24. The Morgan fingerprint density at radius 3 is 2.47 bits per heavy atom. The van der Waals surface area contributed by atoms with Crippen molar-refractivity contribution in [3.05, 3.63) is 23.8 Å². The summed E-state index contributed by atoms with van der Waals surface area (Å²) in [5.74, 6) is 1.57. The molecule has 0 spiro atoms. The van der Waals surface area contributed by atoms with Crippen molar-refractivity contribution in [2.75, 3.05) is 13.7 Å². The van der Waals surface area contributed by atoms with E-state index < -0.39 is 0 Å². The van der Waals surface area contributed by atoms with E-state index in [-0.39, 0.29) is 12.0 Å². The van der Waals surface area contributed by atoms with Gasteiger partial charge in [0, 0.05) is 5.41 Å². The average molecular weight is 264 g/mol. The highest BCUT2D eigenvalue weighted by atomic mass is 16.5. The molecular weight excluding hydrogens is 240 g/mol. The fourth-order valence-electron chi connectivity index (χ4n) is 2.47. The zero-order chi connectivity index (χ0) is 13.9. The lowest BCUT2D eigenvalue weighted by molar-refractivity contribution is 0.197. The molecule has 0 unspecified atom stereocenters. The summed E-state index contributed by atoms with van der Waals surface area (Å²) >= 11 is 0. The molecule has 1 aromatic carbocycles. The standard InChI is InChI=1S/C16H24O3/c1-16(2,11-17)12-8-9-14(18-3)15(10-12)19-13-6-4-5-7-13/h8-10,13,17H,4-7,11H2,1-3H3. The Hall–Kier alpha value is -1.22. The summed E-state index contributed by atoms with van der Waals surface area (Å²) in [4.78, 5) is 0. The second-order valence-electron chi connectivity index (χ2n) is 5.93. The van der Waals surface area contributed by atoms with E-state index in [1.165, 1.54) is 12.8 Å². The second kappa shape index (κ2) is 5.83. The van der Waals surface area contributed by atoms with Crippen LogP contribution >= 0.6 is 0 Å². The van der Waals surface area contributed by atoms with Crippen molar-refractivity contribution in [3.63, 3.8) is 0 Å². The minimum atomic E-state index is -0.264. The first-order valence-corrected chi connectivity index (χ1v) is 7.03. The summed E-state index contributed by atoms with van der Waals surface area (Å²) in [6, 6.07) is 5.93. The van der Waals surface area contributed by atoms with Crippen LogP contribution in [0.15, 0.2) is 18.2 Å². The van der Waals surface area contributed by atoms with Gasteiger partial charge in [-0.2, -0.15) is 0 Å². The third kappa shape index (κ3) is 3.21. The first kappa shape index (κ1) is 14.2. The van der Waals surface area contributed by atoms with E-state index in [4.69, 9.17) is 9.47 Å². The minimum absolute atomic E-state index is 0.113. The Balaban J connectivity index is 2.25. The molecule has 3 nitrogen and oxygen atoms in total. The molecule has 2 rings (SSSR count). The Labute approximate surface area is 115 Å². The first-order chi connectivity index (χ1) is 9.06. The molecule has 1 saturated carbocycles. The number of ether oxygens (including phenoxy) is 2. The number of hydrogen-bond acceptors (Lipinski definition) is 3. The van der Waals surface area contributed by atoms with Crippen LogP contribution < -0.4 is 9.47 Å². The molecule has 0 heterocycles. The normalized spacial score (nSPS) is 16.6. The zero-order valence-electron chi connectivity index (χ0n) is 12.1. The summed E-state index contributed by atoms with van der Waals surface area (Å²) in [5.41, 5.74) is 0.809. The molecule has 1 aromatic rings. The van der Waals surface area contributed by atoms with Crippen LogP contribution in [0.3, 0.4) is 0 Å². The first-order valence-electron chi connectivity index (χ1n) is 7.03. The fraction of sp³-hybridized carbons (Fsp3) is 0.625. The molecule has 0 bridgehead atoms. The summed E-state index contributed by atoms with van der Waals surface area (Å²) in [6.07, 6.45) is 5.04. The van der Waals surface area contributed by atoms with Gasteiger partial charge in [-0.15, -0.1) is 0 Å². The molecule has 0 aliphatic heterocycles. The van der Waals surface area contributed by atoms with Gasteiger partial charge in [-0.1, -0.05) is 19.9 Å². The van der Waals surface area contributed by atoms with Crippen LogP contribution in [0.2, 0.25) is 0 Å². The molecule has 106 valence electrons. The van der Waals surface area contributed by atoms with Crippen molar-refractivity contribution in [2.45, 2.75) is 51.0 Å². The molecule has 0 aromatic heterocycles. The van der Waals surface area contributed by atoms with Gasteiger partial charge in [0.05, 0.1) is 19.8 Å². The molecule has 0 amide bonds. The van der Waals surface area contributed by atoms with Crippen LogP contribution in [0.5, 0.6) is 11.5 Å². The molecule has 19 heavy (non-hydrogen) atoms. The third-order valence-corrected chi connectivity index (χ3v) is 3.94. The van der Waals surface area contributed by atoms with Crippen molar-refractivity contribution in [2.24, 2.45) is 0 Å². The molecule has 1 fully saturated rings. The van der Waals surface area contributed by atoms with Crippen LogP contribution in [-0.4, -0.2) is 24.9 Å². The van der Waals surface area contributed by atoms with Gasteiger partial charge in [0.15, 0.2) is 11.5 Å². The third-order valence-electron chi connectivity index (χ3n) is 3.94. The van der Waals surface area contributed by atoms with Gasteiger partial charge in [0.2, 0.25) is 0 Å². The average Bonchev–Trinajstić information content (AvgIpc) is 2.91. The van der Waals surface area contributed by atoms with E-state index in [0.717, 1.165) is 29.9 Å². The molecule has 1 aliphatic rings. The molecule has 1 N–H and O–H groups in total. The van der Waals surface area contributed by atoms with Crippen LogP contribution in [0.1, 0.15) is 45.1 Å². The van der Waals surface area contributed by atoms with E-state index in [1.54, 1.807) is 7.11 Å². The van der Waals surface area contributed by atoms with Crippen molar-refractivity contribution < 1.29 is 14.6 Å². The van der Waals surface area contributed by atoms with E-state index in [2.05, 4.69) is 0 Å². The molecule has 0 saturated heterocycles. The minimum Gasteiger partial charge on any atom is -0.493 e. The highest BCUT2D eigenvalue weighted by Crippen LogP contribution is 2.35. The molecule has 3 heteroatoms. The number of rotatable bonds is 5. The Morgan fingerprint density at radius 2 is 1.89 bits per heavy atom. The van der Waals surface area contributed by atoms with Crippen molar-refractivity contribution in [3.8, 4) is 11.5 Å². The van der Waals surface area contributed by atoms with Crippen molar-refractivity contribution in [1.82, 2.24) is 0 Å². The highest BCUT2D eigenvalue weighted by molar-refractivity contribution is 5.45.